The van der Waals surface area contributed by atoms with Gasteiger partial charge in [0.25, 0.3) is 0 Å². The Morgan fingerprint density at radius 2 is 1.60 bits per heavy atom. The molecule has 4 aromatic rings. The van der Waals surface area contributed by atoms with Gasteiger partial charge in [0.1, 0.15) is 17.9 Å². The second-order valence-corrected chi connectivity index (χ2v) is 8.07. The lowest BCUT2D eigenvalue weighted by molar-refractivity contribution is -0.157. The van der Waals surface area contributed by atoms with E-state index in [0.29, 0.717) is 17.9 Å². The first-order valence-corrected chi connectivity index (χ1v) is 11.2. The molecule has 1 aromatic heterocycles. The second-order valence-electron chi connectivity index (χ2n) is 8.07. The van der Waals surface area contributed by atoms with Crippen molar-refractivity contribution in [2.24, 2.45) is 0 Å². The third-order valence-electron chi connectivity index (χ3n) is 5.68. The van der Waals surface area contributed by atoms with E-state index < -0.39 is 30.5 Å². The van der Waals surface area contributed by atoms with Crippen LogP contribution in [0.1, 0.15) is 29.7 Å². The average molecular weight is 471 g/mol. The lowest BCUT2D eigenvalue weighted by Crippen LogP contribution is -2.26. The van der Waals surface area contributed by atoms with Gasteiger partial charge < -0.3 is 19.1 Å². The molecule has 2 unspecified atom stereocenters. The van der Waals surface area contributed by atoms with Crippen molar-refractivity contribution >= 4 is 11.9 Å². The number of imidazole rings is 1. The Bertz CT molecular complexity index is 1250. The SMILES string of the molecule is COc1ccc(-c2cn(C(CC(=O)O)C(=O)OC(Cc3ccccc3)c3ccccc3)cn2)cc1. The largest absolute Gasteiger partial charge is 0.497 e. The monoisotopic (exact) mass is 470 g/mol. The van der Waals surface area contributed by atoms with E-state index in [1.165, 1.54) is 10.9 Å². The first kappa shape index (κ1) is 23.8. The molecular formula is C28H26N2O5. The highest BCUT2D eigenvalue weighted by Gasteiger charge is 2.29. The fourth-order valence-corrected chi connectivity index (χ4v) is 3.84. The summed E-state index contributed by atoms with van der Waals surface area (Å²) < 4.78 is 12.6. The van der Waals surface area contributed by atoms with Gasteiger partial charge in [-0.3, -0.25) is 4.79 Å². The predicted molar refractivity (Wildman–Crippen MR) is 131 cm³/mol. The highest BCUT2D eigenvalue weighted by molar-refractivity contribution is 5.81. The number of esters is 1. The average Bonchev–Trinajstić information content (AvgIpc) is 3.38. The number of nitrogens with zero attached hydrogens (tertiary/aromatic N) is 2. The Balaban J connectivity index is 1.58. The molecule has 0 aliphatic rings. The minimum absolute atomic E-state index is 0.426. The molecule has 0 saturated heterocycles. The van der Waals surface area contributed by atoms with Crippen molar-refractivity contribution in [2.75, 3.05) is 7.11 Å². The van der Waals surface area contributed by atoms with Crippen molar-refractivity contribution in [3.8, 4) is 17.0 Å². The summed E-state index contributed by atoms with van der Waals surface area (Å²) in [6.07, 6.45) is 2.60. The van der Waals surface area contributed by atoms with Crippen LogP contribution in [-0.4, -0.2) is 33.7 Å². The molecule has 0 spiro atoms. The molecule has 3 aromatic carbocycles. The quantitative estimate of drug-likeness (QED) is 0.324. The number of aliphatic carboxylic acids is 1. The molecule has 0 saturated carbocycles. The number of hydrogen-bond acceptors (Lipinski definition) is 5. The van der Waals surface area contributed by atoms with E-state index in [-0.39, 0.29) is 0 Å². The molecule has 4 rings (SSSR count). The van der Waals surface area contributed by atoms with Crippen molar-refractivity contribution in [3.05, 3.63) is 109 Å². The third kappa shape index (κ3) is 6.14. The summed E-state index contributed by atoms with van der Waals surface area (Å²) >= 11 is 0. The molecule has 0 fully saturated rings. The van der Waals surface area contributed by atoms with Crippen molar-refractivity contribution < 1.29 is 24.2 Å². The maximum Gasteiger partial charge on any atom is 0.330 e. The lowest BCUT2D eigenvalue weighted by Gasteiger charge is -2.22. The van der Waals surface area contributed by atoms with Gasteiger partial charge in [-0.1, -0.05) is 60.7 Å². The molecule has 178 valence electrons. The summed E-state index contributed by atoms with van der Waals surface area (Å²) in [5.74, 6) is -1.02. The molecular weight excluding hydrogens is 444 g/mol. The van der Waals surface area contributed by atoms with Crippen LogP contribution in [0.3, 0.4) is 0 Å². The first-order chi connectivity index (χ1) is 17.0. The zero-order valence-corrected chi connectivity index (χ0v) is 19.3. The van der Waals surface area contributed by atoms with Gasteiger partial charge in [0.2, 0.25) is 0 Å². The van der Waals surface area contributed by atoms with Gasteiger partial charge in [-0.15, -0.1) is 0 Å². The molecule has 0 aliphatic carbocycles. The molecule has 1 N–H and O–H groups in total. The van der Waals surface area contributed by atoms with Crippen LogP contribution in [0.4, 0.5) is 0 Å². The van der Waals surface area contributed by atoms with E-state index in [9.17, 15) is 14.7 Å². The summed E-state index contributed by atoms with van der Waals surface area (Å²) in [5.41, 5.74) is 3.27. The number of benzene rings is 3. The van der Waals surface area contributed by atoms with E-state index in [4.69, 9.17) is 9.47 Å². The maximum absolute atomic E-state index is 13.3. The number of aromatic nitrogens is 2. The summed E-state index contributed by atoms with van der Waals surface area (Å²) in [5, 5.41) is 9.51. The molecule has 0 bridgehead atoms. The van der Waals surface area contributed by atoms with Gasteiger partial charge >= 0.3 is 11.9 Å². The summed E-state index contributed by atoms with van der Waals surface area (Å²) in [6.45, 7) is 0. The number of methoxy groups -OCH3 is 1. The van der Waals surface area contributed by atoms with E-state index >= 15 is 0 Å². The van der Waals surface area contributed by atoms with Crippen molar-refractivity contribution in [1.29, 1.82) is 0 Å². The van der Waals surface area contributed by atoms with Gasteiger partial charge in [-0.05, 0) is 35.4 Å². The number of carbonyl (C=O) groups is 2. The number of hydrogen-bond donors (Lipinski definition) is 1. The van der Waals surface area contributed by atoms with Crippen LogP contribution in [0.25, 0.3) is 11.3 Å². The smallest absolute Gasteiger partial charge is 0.330 e. The van der Waals surface area contributed by atoms with Crippen LogP contribution < -0.4 is 4.74 Å². The first-order valence-electron chi connectivity index (χ1n) is 11.2. The van der Waals surface area contributed by atoms with Crippen LogP contribution in [0.15, 0.2) is 97.5 Å². The molecule has 1 heterocycles. The summed E-state index contributed by atoms with van der Waals surface area (Å²) in [4.78, 5) is 29.3. The Morgan fingerprint density at radius 1 is 0.943 bits per heavy atom. The molecule has 0 amide bonds. The number of carboxylic acid groups (broad SMARTS) is 1. The molecule has 35 heavy (non-hydrogen) atoms. The van der Waals surface area contributed by atoms with Crippen LogP contribution in [0.5, 0.6) is 5.75 Å². The van der Waals surface area contributed by atoms with Crippen LogP contribution in [0.2, 0.25) is 0 Å². The van der Waals surface area contributed by atoms with E-state index in [0.717, 1.165) is 16.7 Å². The Hall–Kier alpha value is -4.39. The molecule has 0 radical (unpaired) electrons. The zero-order chi connectivity index (χ0) is 24.6. The topological polar surface area (TPSA) is 90.7 Å². The second kappa shape index (κ2) is 11.2. The maximum atomic E-state index is 13.3. The molecule has 7 nitrogen and oxygen atoms in total. The molecule has 7 heteroatoms. The van der Waals surface area contributed by atoms with Crippen LogP contribution in [-0.2, 0) is 20.7 Å². The van der Waals surface area contributed by atoms with Crippen molar-refractivity contribution in [1.82, 2.24) is 9.55 Å². The van der Waals surface area contributed by atoms with Gasteiger partial charge in [0.15, 0.2) is 0 Å². The summed E-state index contributed by atoms with van der Waals surface area (Å²) in [7, 11) is 1.59. The van der Waals surface area contributed by atoms with Gasteiger partial charge in [0, 0.05) is 18.2 Å². The zero-order valence-electron chi connectivity index (χ0n) is 19.3. The van der Waals surface area contributed by atoms with Crippen LogP contribution >= 0.6 is 0 Å². The fourth-order valence-electron chi connectivity index (χ4n) is 3.84. The third-order valence-corrected chi connectivity index (χ3v) is 5.68. The predicted octanol–water partition coefficient (Wildman–Crippen LogP) is 5.10. The van der Waals surface area contributed by atoms with Gasteiger partial charge in [-0.25, -0.2) is 9.78 Å². The molecule has 2 atom stereocenters. The molecule has 0 aliphatic heterocycles. The number of carboxylic acids is 1. The lowest BCUT2D eigenvalue weighted by atomic mass is 10.0. The highest BCUT2D eigenvalue weighted by Crippen LogP contribution is 2.27. The Morgan fingerprint density at radius 3 is 2.23 bits per heavy atom. The number of carbonyl (C=O) groups excluding carboxylic acids is 1. The Kier molecular flexibility index (Phi) is 7.57. The minimum atomic E-state index is -1.11. The van der Waals surface area contributed by atoms with E-state index in [1.807, 2.05) is 84.9 Å². The summed E-state index contributed by atoms with van der Waals surface area (Å²) in [6, 6.07) is 25.4. The normalized spacial score (nSPS) is 12.5. The van der Waals surface area contributed by atoms with E-state index in [1.54, 1.807) is 13.3 Å². The fraction of sp³-hybridized carbons (Fsp3) is 0.179. The van der Waals surface area contributed by atoms with Crippen molar-refractivity contribution in [2.45, 2.75) is 25.0 Å². The highest BCUT2D eigenvalue weighted by atomic mass is 16.5. The number of ether oxygens (including phenoxy) is 2. The van der Waals surface area contributed by atoms with E-state index in [2.05, 4.69) is 4.98 Å². The van der Waals surface area contributed by atoms with Gasteiger partial charge in [-0.2, -0.15) is 0 Å². The van der Waals surface area contributed by atoms with Crippen LogP contribution in [0, 0.1) is 0 Å². The van der Waals surface area contributed by atoms with Gasteiger partial charge in [0.05, 0.1) is 25.6 Å². The number of rotatable bonds is 10. The minimum Gasteiger partial charge on any atom is -0.497 e. The standard InChI is InChI=1S/C28H26N2O5/c1-34-23-14-12-21(13-15-23)24-18-30(19-29-24)25(17-27(31)32)28(33)35-26(22-10-6-3-7-11-22)16-20-8-4-2-5-9-20/h2-15,18-19,25-26H,16-17H2,1H3,(H,31,32). The van der Waals surface area contributed by atoms with Crippen molar-refractivity contribution in [3.63, 3.8) is 0 Å². The Labute approximate surface area is 203 Å².